The minimum atomic E-state index is -1.01. The summed E-state index contributed by atoms with van der Waals surface area (Å²) in [5, 5.41) is 21.2. The highest BCUT2D eigenvalue weighted by Gasteiger charge is 2.15. The van der Waals surface area contributed by atoms with Gasteiger partial charge in [0.05, 0.1) is 4.92 Å². The van der Waals surface area contributed by atoms with Crippen LogP contribution in [0, 0.1) is 15.9 Å². The van der Waals surface area contributed by atoms with Crippen molar-refractivity contribution in [1.29, 1.82) is 0 Å². The number of nitrogens with zero attached hydrogens (tertiary/aromatic N) is 1. The first-order chi connectivity index (χ1) is 8.90. The molecule has 1 amide bonds. The fraction of sp³-hybridized carbons (Fsp3) is 0.273. The van der Waals surface area contributed by atoms with Crippen LogP contribution in [-0.4, -0.2) is 21.9 Å². The second kappa shape index (κ2) is 6.43. The molecule has 1 aromatic rings. The predicted molar refractivity (Wildman–Crippen MR) is 63.2 cm³/mol. The quantitative estimate of drug-likeness (QED) is 0.606. The smallest absolute Gasteiger partial charge is 0.306 e. The summed E-state index contributed by atoms with van der Waals surface area (Å²) in [6, 6.07) is 2.98. The van der Waals surface area contributed by atoms with Crippen molar-refractivity contribution in [1.82, 2.24) is 0 Å². The van der Waals surface area contributed by atoms with Crippen LogP contribution in [-0.2, 0) is 9.59 Å². The number of aliphatic carboxylic acids is 1. The number of carboxylic acids is 1. The van der Waals surface area contributed by atoms with Gasteiger partial charge in [0.1, 0.15) is 0 Å². The van der Waals surface area contributed by atoms with E-state index in [1.165, 1.54) is 6.07 Å². The van der Waals surface area contributed by atoms with Crippen molar-refractivity contribution >= 4 is 23.3 Å². The Morgan fingerprint density at radius 3 is 2.63 bits per heavy atom. The third-order valence-corrected chi connectivity index (χ3v) is 2.22. The minimum Gasteiger partial charge on any atom is -0.481 e. The third-order valence-electron chi connectivity index (χ3n) is 2.22. The highest BCUT2D eigenvalue weighted by molar-refractivity contribution is 5.91. The van der Waals surface area contributed by atoms with Crippen molar-refractivity contribution < 1.29 is 24.0 Å². The Morgan fingerprint density at radius 2 is 2.05 bits per heavy atom. The van der Waals surface area contributed by atoms with Gasteiger partial charge in [0.25, 0.3) is 0 Å². The fourth-order valence-corrected chi connectivity index (χ4v) is 1.35. The monoisotopic (exact) mass is 270 g/mol. The largest absolute Gasteiger partial charge is 0.481 e. The second-order valence-corrected chi connectivity index (χ2v) is 3.72. The second-order valence-electron chi connectivity index (χ2n) is 3.72. The maximum atomic E-state index is 13.0. The van der Waals surface area contributed by atoms with Crippen molar-refractivity contribution in [2.75, 3.05) is 5.32 Å². The Kier molecular flexibility index (Phi) is 4.92. The zero-order valence-corrected chi connectivity index (χ0v) is 9.76. The number of carbonyl (C=O) groups excluding carboxylic acids is 1. The van der Waals surface area contributed by atoms with E-state index in [4.69, 9.17) is 5.11 Å². The molecule has 0 atom stereocenters. The lowest BCUT2D eigenvalue weighted by Crippen LogP contribution is -2.12. The van der Waals surface area contributed by atoms with Gasteiger partial charge in [0.2, 0.25) is 11.7 Å². The number of carbonyl (C=O) groups is 2. The number of hydrogen-bond acceptors (Lipinski definition) is 4. The molecule has 0 aliphatic carbocycles. The number of nitro groups is 1. The molecule has 2 N–H and O–H groups in total. The van der Waals surface area contributed by atoms with Gasteiger partial charge < -0.3 is 10.4 Å². The third kappa shape index (κ3) is 4.70. The number of halogens is 1. The van der Waals surface area contributed by atoms with Crippen molar-refractivity contribution in [2.24, 2.45) is 0 Å². The fourth-order valence-electron chi connectivity index (χ4n) is 1.35. The Morgan fingerprint density at radius 1 is 1.37 bits per heavy atom. The van der Waals surface area contributed by atoms with Crippen LogP contribution in [0.3, 0.4) is 0 Å². The number of rotatable bonds is 6. The molecular weight excluding hydrogens is 259 g/mol. The summed E-state index contributed by atoms with van der Waals surface area (Å²) in [4.78, 5) is 31.2. The summed E-state index contributed by atoms with van der Waals surface area (Å²) < 4.78 is 13.0. The Labute approximate surface area is 107 Å². The summed E-state index contributed by atoms with van der Waals surface area (Å²) in [7, 11) is 0. The van der Waals surface area contributed by atoms with Gasteiger partial charge in [0.15, 0.2) is 0 Å². The van der Waals surface area contributed by atoms with Crippen LogP contribution in [0.4, 0.5) is 15.8 Å². The molecule has 1 rings (SSSR count). The molecule has 1 aromatic carbocycles. The maximum absolute atomic E-state index is 13.0. The lowest BCUT2D eigenvalue weighted by molar-refractivity contribution is -0.387. The lowest BCUT2D eigenvalue weighted by Gasteiger charge is -2.04. The van der Waals surface area contributed by atoms with Gasteiger partial charge in [-0.05, 0) is 18.6 Å². The van der Waals surface area contributed by atoms with Gasteiger partial charge in [-0.25, -0.2) is 0 Å². The maximum Gasteiger partial charge on any atom is 0.306 e. The highest BCUT2D eigenvalue weighted by Crippen LogP contribution is 2.21. The van der Waals surface area contributed by atoms with Crippen LogP contribution < -0.4 is 5.32 Å². The number of nitrogens with one attached hydrogen (secondary N) is 1. The van der Waals surface area contributed by atoms with Crippen molar-refractivity contribution in [3.05, 3.63) is 34.1 Å². The van der Waals surface area contributed by atoms with E-state index in [0.717, 1.165) is 12.1 Å². The molecule has 0 aromatic heterocycles. The summed E-state index contributed by atoms with van der Waals surface area (Å²) in [6.07, 6.45) is -0.0150. The number of carboxylic acid groups (broad SMARTS) is 1. The molecule has 102 valence electrons. The highest BCUT2D eigenvalue weighted by atomic mass is 19.1. The minimum absolute atomic E-state index is 0.0303. The number of nitro benzene ring substituents is 1. The molecule has 0 bridgehead atoms. The number of amides is 1. The van der Waals surface area contributed by atoms with Crippen LogP contribution in [0.2, 0.25) is 0 Å². The molecule has 7 nitrogen and oxygen atoms in total. The molecule has 0 spiro atoms. The number of anilines is 1. The molecule has 0 radical (unpaired) electrons. The van der Waals surface area contributed by atoms with E-state index in [2.05, 4.69) is 5.32 Å². The number of hydrogen-bond donors (Lipinski definition) is 2. The van der Waals surface area contributed by atoms with Gasteiger partial charge in [-0.1, -0.05) is 0 Å². The van der Waals surface area contributed by atoms with Gasteiger partial charge in [-0.2, -0.15) is 4.39 Å². The van der Waals surface area contributed by atoms with Gasteiger partial charge in [-0.3, -0.25) is 19.7 Å². The van der Waals surface area contributed by atoms with Gasteiger partial charge in [0, 0.05) is 24.6 Å². The first-order valence-corrected chi connectivity index (χ1v) is 5.35. The Balaban J connectivity index is 2.62. The zero-order chi connectivity index (χ0) is 14.4. The molecule has 19 heavy (non-hydrogen) atoms. The molecule has 8 heteroatoms. The van der Waals surface area contributed by atoms with E-state index >= 15 is 0 Å². The lowest BCUT2D eigenvalue weighted by atomic mass is 10.2. The molecule has 0 heterocycles. The summed E-state index contributed by atoms with van der Waals surface area (Å²) >= 11 is 0. The van der Waals surface area contributed by atoms with Crippen molar-refractivity contribution in [2.45, 2.75) is 19.3 Å². The first-order valence-electron chi connectivity index (χ1n) is 5.35. The number of benzene rings is 1. The van der Waals surface area contributed by atoms with Crippen LogP contribution in [0.25, 0.3) is 0 Å². The van der Waals surface area contributed by atoms with E-state index in [1.54, 1.807) is 0 Å². The van der Waals surface area contributed by atoms with Crippen LogP contribution in [0.1, 0.15) is 19.3 Å². The first kappa shape index (κ1) is 14.6. The molecular formula is C11H11FN2O5. The molecule has 0 unspecified atom stereocenters. The SMILES string of the molecule is O=C(O)CCCC(=O)Nc1ccc(F)c([N+](=O)[O-])c1. The van der Waals surface area contributed by atoms with Crippen LogP contribution in [0.5, 0.6) is 0 Å². The van der Waals surface area contributed by atoms with Gasteiger partial charge >= 0.3 is 11.7 Å². The molecule has 0 fully saturated rings. The Hall–Kier alpha value is -2.51. The van der Waals surface area contributed by atoms with E-state index in [1.807, 2.05) is 0 Å². The summed E-state index contributed by atoms with van der Waals surface area (Å²) in [5.41, 5.74) is -0.642. The summed E-state index contributed by atoms with van der Waals surface area (Å²) in [6.45, 7) is 0. The van der Waals surface area contributed by atoms with E-state index in [-0.39, 0.29) is 24.9 Å². The molecule has 0 saturated heterocycles. The van der Waals surface area contributed by atoms with Crippen molar-refractivity contribution in [3.8, 4) is 0 Å². The average molecular weight is 270 g/mol. The Bertz CT molecular complexity index is 518. The van der Waals surface area contributed by atoms with Crippen LogP contribution in [0.15, 0.2) is 18.2 Å². The van der Waals surface area contributed by atoms with E-state index < -0.39 is 28.3 Å². The van der Waals surface area contributed by atoms with Crippen LogP contribution >= 0.6 is 0 Å². The van der Waals surface area contributed by atoms with Gasteiger partial charge in [-0.15, -0.1) is 0 Å². The molecule has 0 saturated carbocycles. The van der Waals surface area contributed by atoms with E-state index in [9.17, 15) is 24.1 Å². The zero-order valence-electron chi connectivity index (χ0n) is 9.76. The standard InChI is InChI=1S/C11H11FN2O5/c12-8-5-4-7(6-9(8)14(18)19)13-10(15)2-1-3-11(16)17/h4-6H,1-3H2,(H,13,15)(H,16,17). The van der Waals surface area contributed by atoms with Crippen molar-refractivity contribution in [3.63, 3.8) is 0 Å². The topological polar surface area (TPSA) is 110 Å². The van der Waals surface area contributed by atoms with E-state index in [0.29, 0.717) is 0 Å². The average Bonchev–Trinajstić information content (AvgIpc) is 2.30. The molecule has 0 aliphatic rings. The predicted octanol–water partition coefficient (Wildman–Crippen LogP) is 1.93. The molecule has 0 aliphatic heterocycles. The normalized spacial score (nSPS) is 9.95. The summed E-state index contributed by atoms with van der Waals surface area (Å²) in [5.74, 6) is -2.48.